The maximum absolute atomic E-state index is 12.3. The minimum atomic E-state index is -4.84. The van der Waals surface area contributed by atoms with Crippen molar-refractivity contribution in [3.8, 4) is 0 Å². The molecule has 0 fully saturated rings. The van der Waals surface area contributed by atoms with E-state index in [2.05, 4.69) is 34.6 Å². The number of hydrogen-bond donors (Lipinski definition) is 3. The second-order valence-electron chi connectivity index (χ2n) is 11.4. The average molecular weight is 656 g/mol. The Hall–Kier alpha value is -3.23. The molecule has 0 spiro atoms. The summed E-state index contributed by atoms with van der Waals surface area (Å²) < 4.78 is 41.4. The van der Waals surface area contributed by atoms with Crippen LogP contribution in [-0.4, -0.2) is 36.6 Å². The number of hydrogen-bond acceptors (Lipinski definition) is 9. The molecule has 10 nitrogen and oxygen atoms in total. The number of aliphatic carboxylic acids is 1. The molecule has 0 aliphatic carbocycles. The molecule has 0 amide bonds. The number of nitrogens with one attached hydrogen (secondary N) is 2. The number of benzene rings is 3. The predicted octanol–water partition coefficient (Wildman–Crippen LogP) is 5.15. The van der Waals surface area contributed by atoms with Gasteiger partial charge in [-0.25, -0.2) is 8.42 Å². The maximum Gasteiger partial charge on any atom is 0.303 e. The van der Waals surface area contributed by atoms with E-state index in [0.29, 0.717) is 35.7 Å². The van der Waals surface area contributed by atoms with Crippen LogP contribution >= 0.6 is 12.0 Å². The van der Waals surface area contributed by atoms with Gasteiger partial charge in [-0.05, 0) is 79.4 Å². The lowest BCUT2D eigenvalue weighted by atomic mass is 9.72. The lowest BCUT2D eigenvalue weighted by molar-refractivity contribution is -0.851. The van der Waals surface area contributed by atoms with E-state index < -0.39 is 26.4 Å². The number of allylic oxidation sites excluding steroid dienone is 2. The van der Waals surface area contributed by atoms with Crippen LogP contribution in [0.25, 0.3) is 10.8 Å². The van der Waals surface area contributed by atoms with Gasteiger partial charge in [-0.1, -0.05) is 50.5 Å². The molecule has 0 radical (unpaired) electrons. The van der Waals surface area contributed by atoms with Crippen molar-refractivity contribution in [2.45, 2.75) is 80.0 Å². The van der Waals surface area contributed by atoms with Gasteiger partial charge in [-0.3, -0.25) is 14.7 Å². The van der Waals surface area contributed by atoms with Crippen LogP contribution in [0, 0.1) is 0 Å². The number of quaternary nitrogens is 1. The highest BCUT2D eigenvalue weighted by Gasteiger charge is 2.51. The Morgan fingerprint density at radius 3 is 2.56 bits per heavy atom. The van der Waals surface area contributed by atoms with E-state index in [-0.39, 0.29) is 17.4 Å². The molecular weight excluding hydrogens is 617 g/mol. The third kappa shape index (κ3) is 8.53. The van der Waals surface area contributed by atoms with Gasteiger partial charge in [0.25, 0.3) is 0 Å². The Bertz CT molecular complexity index is 1630. The van der Waals surface area contributed by atoms with Crippen molar-refractivity contribution in [3.63, 3.8) is 0 Å². The molecule has 3 N–H and O–H groups in total. The van der Waals surface area contributed by atoms with E-state index >= 15 is 0 Å². The maximum atomic E-state index is 12.3. The number of rotatable bonds is 17. The summed E-state index contributed by atoms with van der Waals surface area (Å²) in [5, 5.41) is 27.8. The van der Waals surface area contributed by atoms with Crippen LogP contribution < -0.4 is 15.5 Å². The second-order valence-corrected chi connectivity index (χ2v) is 13.5. The Balaban J connectivity index is 1.83. The molecule has 12 heteroatoms. The summed E-state index contributed by atoms with van der Waals surface area (Å²) in [4.78, 5) is 12.2. The van der Waals surface area contributed by atoms with Crippen molar-refractivity contribution in [1.82, 2.24) is 0 Å². The number of para-hydroxylation sites is 1. The van der Waals surface area contributed by atoms with Crippen molar-refractivity contribution in [3.05, 3.63) is 84.6 Å². The third-order valence-electron chi connectivity index (χ3n) is 8.41. The minimum absolute atomic E-state index is 0.0460. The first kappa shape index (κ1) is 34.6. The molecule has 0 saturated carbocycles. The molecule has 242 valence electrons. The van der Waals surface area contributed by atoms with Crippen LogP contribution in [0.2, 0.25) is 0 Å². The Labute approximate surface area is 268 Å². The Morgan fingerprint density at radius 2 is 1.87 bits per heavy atom. The molecule has 0 aromatic heterocycles. The summed E-state index contributed by atoms with van der Waals surface area (Å²) in [7, 11) is -4.84. The van der Waals surface area contributed by atoms with Gasteiger partial charge >= 0.3 is 5.97 Å². The summed E-state index contributed by atoms with van der Waals surface area (Å²) in [6, 6.07) is 16.3. The van der Waals surface area contributed by atoms with E-state index in [1.165, 1.54) is 17.0 Å². The molecule has 0 bridgehead atoms. The van der Waals surface area contributed by atoms with Gasteiger partial charge in [0, 0.05) is 34.8 Å². The van der Waals surface area contributed by atoms with E-state index in [1.54, 1.807) is 0 Å². The average Bonchev–Trinajstić information content (AvgIpc) is 3.25. The van der Waals surface area contributed by atoms with E-state index in [4.69, 9.17) is 5.11 Å². The van der Waals surface area contributed by atoms with Gasteiger partial charge in [0.2, 0.25) is 0 Å². The summed E-state index contributed by atoms with van der Waals surface area (Å²) >= 11 is 0.555. The van der Waals surface area contributed by atoms with Crippen molar-refractivity contribution >= 4 is 50.3 Å². The fraction of sp³-hybridized carbons (Fsp3) is 0.364. The largest absolute Gasteiger partial charge is 0.744 e. The molecule has 0 saturated heterocycles. The van der Waals surface area contributed by atoms with Crippen molar-refractivity contribution in [2.75, 3.05) is 11.9 Å². The van der Waals surface area contributed by atoms with Gasteiger partial charge in [0.05, 0.1) is 28.9 Å². The Morgan fingerprint density at radius 1 is 1.09 bits per heavy atom. The van der Waals surface area contributed by atoms with Crippen LogP contribution in [0.4, 0.5) is 11.4 Å². The molecule has 1 aliphatic rings. The van der Waals surface area contributed by atoms with Crippen LogP contribution in [0.15, 0.2) is 88.8 Å². The zero-order valence-corrected chi connectivity index (χ0v) is 27.0. The smallest absolute Gasteiger partial charge is 0.303 e. The SMILES string of the molecule is CCCC[NH+]1c2ccc3c(SOO[O-])cc(S(=O)(=O)[O-])cc3c2C(C)(CCCCCC(=O)O)C1/C=C/C=C/Nc1ccccc1. The monoisotopic (exact) mass is 655 g/mol. The zero-order valence-electron chi connectivity index (χ0n) is 25.4. The van der Waals surface area contributed by atoms with Crippen LogP contribution in [0.3, 0.4) is 0 Å². The standard InChI is InChI=1S/C33H40N2O8S2/c1-3-4-21-35-28-18-17-26-27(22-25(45(39,40)41)23-29(26)44-43-42-38)32(28)33(2,19-11-6-9-16-31(36)37)30(35)15-10-12-20-34-24-13-7-5-8-14-24/h5,7-8,10,12-15,17-18,20,22-23,30,34,38H,3-4,6,9,11,16,19,21H2,1-2H3,(H,36,37)(H,39,40,41)/p-1/b15-10+,20-12+. The summed E-state index contributed by atoms with van der Waals surface area (Å²) in [5.41, 5.74) is 2.40. The molecule has 1 heterocycles. The second kappa shape index (κ2) is 15.9. The molecule has 3 atom stereocenters. The Kier molecular flexibility index (Phi) is 12.2. The summed E-state index contributed by atoms with van der Waals surface area (Å²) in [5.74, 6) is -0.828. The highest BCUT2D eigenvalue weighted by molar-refractivity contribution is 7.94. The summed E-state index contributed by atoms with van der Waals surface area (Å²) in [6.45, 7) is 5.12. The zero-order chi connectivity index (χ0) is 32.5. The van der Waals surface area contributed by atoms with Gasteiger partial charge in [-0.2, -0.15) is 4.33 Å². The predicted molar refractivity (Wildman–Crippen MR) is 171 cm³/mol. The quantitative estimate of drug-likeness (QED) is 0.0445. The number of fused-ring (bicyclic) bond motifs is 3. The van der Waals surface area contributed by atoms with Crippen LogP contribution in [0.5, 0.6) is 0 Å². The highest BCUT2D eigenvalue weighted by Crippen LogP contribution is 2.47. The minimum Gasteiger partial charge on any atom is -0.744 e. The number of carbonyl (C=O) groups is 1. The van der Waals surface area contributed by atoms with E-state index in [1.807, 2.05) is 60.8 Å². The third-order valence-corrected chi connectivity index (χ3v) is 9.87. The van der Waals surface area contributed by atoms with Crippen molar-refractivity contribution in [1.29, 1.82) is 0 Å². The van der Waals surface area contributed by atoms with Gasteiger partial charge in [0.15, 0.2) is 0 Å². The molecule has 3 aromatic carbocycles. The molecule has 4 rings (SSSR count). The number of unbranched alkanes of at least 4 members (excludes halogenated alkanes) is 3. The van der Waals surface area contributed by atoms with Crippen molar-refractivity contribution < 1.29 is 42.4 Å². The first-order valence-corrected chi connectivity index (χ1v) is 17.2. The molecule has 3 unspecified atom stereocenters. The van der Waals surface area contributed by atoms with Gasteiger partial charge in [0.1, 0.15) is 21.8 Å². The fourth-order valence-electron chi connectivity index (χ4n) is 6.35. The van der Waals surface area contributed by atoms with Gasteiger partial charge < -0.3 is 20.2 Å². The highest BCUT2D eigenvalue weighted by atomic mass is 32.2. The van der Waals surface area contributed by atoms with Crippen LogP contribution in [0.1, 0.15) is 64.4 Å². The molecule has 1 aliphatic heterocycles. The summed E-state index contributed by atoms with van der Waals surface area (Å²) in [6.07, 6.45) is 12.8. The molecular formula is C33H39N2O8S2-. The number of carboxylic acids is 1. The van der Waals surface area contributed by atoms with E-state index in [0.717, 1.165) is 49.2 Å². The first-order valence-electron chi connectivity index (χ1n) is 15.0. The number of anilines is 1. The molecule has 3 aromatic rings. The van der Waals surface area contributed by atoms with Crippen LogP contribution in [-0.2, 0) is 29.7 Å². The van der Waals surface area contributed by atoms with Crippen molar-refractivity contribution in [2.24, 2.45) is 0 Å². The molecule has 45 heavy (non-hydrogen) atoms. The fourth-order valence-corrected chi connectivity index (χ4v) is 7.49. The lowest BCUT2D eigenvalue weighted by Gasteiger charge is -2.31. The van der Waals surface area contributed by atoms with E-state index in [9.17, 15) is 23.0 Å². The lowest BCUT2D eigenvalue weighted by Crippen LogP contribution is -3.10. The topological polar surface area (TPSA) is 152 Å². The normalized spacial score (nSPS) is 19.9. The first-order chi connectivity index (χ1) is 21.6. The van der Waals surface area contributed by atoms with Gasteiger partial charge in [-0.15, -0.1) is 0 Å². The number of carboxylic acid groups (broad SMARTS) is 1.